The fourth-order valence-electron chi connectivity index (χ4n) is 5.92. The van der Waals surface area contributed by atoms with Gasteiger partial charge in [-0.05, 0) is 56.2 Å². The predicted octanol–water partition coefficient (Wildman–Crippen LogP) is 7.30. The Morgan fingerprint density at radius 2 is 1.13 bits per heavy atom. The zero-order chi connectivity index (χ0) is 32.4. The van der Waals surface area contributed by atoms with Gasteiger partial charge in [-0.1, -0.05) is 30.3 Å². The second-order valence-corrected chi connectivity index (χ2v) is 12.6. The number of fused-ring (bicyclic) bond motifs is 2. The van der Waals surface area contributed by atoms with E-state index in [0.29, 0.717) is 11.4 Å². The van der Waals surface area contributed by atoms with Gasteiger partial charge in [0.05, 0.1) is 24.2 Å². The van der Waals surface area contributed by atoms with Gasteiger partial charge in [-0.15, -0.1) is 23.5 Å². The third-order valence-corrected chi connectivity index (χ3v) is 9.56. The minimum atomic E-state index is -0.374. The van der Waals surface area contributed by atoms with Crippen molar-refractivity contribution in [2.24, 2.45) is 0 Å². The van der Waals surface area contributed by atoms with Gasteiger partial charge < -0.3 is 28.1 Å². The molecular formula is C35H40N4O4S2. The Morgan fingerprint density at radius 1 is 0.711 bits per heavy atom. The van der Waals surface area contributed by atoms with E-state index >= 15 is 0 Å². The van der Waals surface area contributed by atoms with Crippen molar-refractivity contribution < 1.29 is 19.1 Å². The maximum atomic E-state index is 13.6. The Balaban J connectivity index is 2.01. The molecule has 0 amide bonds. The highest BCUT2D eigenvalue weighted by atomic mass is 32.2. The van der Waals surface area contributed by atoms with Crippen LogP contribution in [0.4, 0.5) is 11.4 Å². The molecule has 1 aromatic carbocycles. The summed E-state index contributed by atoms with van der Waals surface area (Å²) in [6.07, 6.45) is 7.89. The molecule has 0 aliphatic carbocycles. The van der Waals surface area contributed by atoms with Gasteiger partial charge in [0.15, 0.2) is 0 Å². The number of nitrogens with zero attached hydrogens (tertiary/aromatic N) is 4. The van der Waals surface area contributed by atoms with E-state index in [-0.39, 0.29) is 31.1 Å². The Morgan fingerprint density at radius 3 is 1.49 bits per heavy atom. The first-order chi connectivity index (χ1) is 21.7. The van der Waals surface area contributed by atoms with Crippen LogP contribution in [0.15, 0.2) is 76.8 Å². The Hall–Kier alpha value is -4.02. The highest BCUT2D eigenvalue weighted by molar-refractivity contribution is 7.99. The molecule has 0 spiro atoms. The molecule has 0 bridgehead atoms. The molecule has 0 unspecified atom stereocenters. The first-order valence-corrected chi connectivity index (χ1v) is 17.3. The van der Waals surface area contributed by atoms with Gasteiger partial charge >= 0.3 is 11.9 Å². The number of benzene rings is 1. The molecule has 0 saturated carbocycles. The second-order valence-electron chi connectivity index (χ2n) is 10.9. The SMILES string of the molecule is CCOC(=O)c1c(SC)c(C(c2ccccc2)c2c(SC)c(C(=O)OCC)n3ccc(N(C)C)cc23)c2cc(N(C)C)ccn12. The topological polar surface area (TPSA) is 67.9 Å². The van der Waals surface area contributed by atoms with E-state index in [9.17, 15) is 9.59 Å². The van der Waals surface area contributed by atoms with Crippen LogP contribution >= 0.6 is 23.5 Å². The number of anilines is 2. The Bertz CT molecular complexity index is 1740. The summed E-state index contributed by atoms with van der Waals surface area (Å²) in [4.78, 5) is 33.1. The van der Waals surface area contributed by atoms with Crippen LogP contribution in [0.2, 0.25) is 0 Å². The summed E-state index contributed by atoms with van der Waals surface area (Å²) in [5, 5.41) is 0. The minimum absolute atomic E-state index is 0.268. The number of ether oxygens (including phenoxy) is 2. The lowest BCUT2D eigenvalue weighted by atomic mass is 9.85. The number of carbonyl (C=O) groups excluding carboxylic acids is 2. The first kappa shape index (κ1) is 32.4. The van der Waals surface area contributed by atoms with E-state index in [1.165, 1.54) is 23.5 Å². The van der Waals surface area contributed by atoms with E-state index < -0.39 is 0 Å². The molecule has 4 heterocycles. The third kappa shape index (κ3) is 5.77. The summed E-state index contributed by atoms with van der Waals surface area (Å²) in [6, 6.07) is 18.6. The lowest BCUT2D eigenvalue weighted by molar-refractivity contribution is 0.0505. The average Bonchev–Trinajstić information content (AvgIpc) is 3.54. The number of pyridine rings is 2. The van der Waals surface area contributed by atoms with E-state index in [1.54, 1.807) is 0 Å². The number of aromatic nitrogens is 2. The van der Waals surface area contributed by atoms with Gasteiger partial charge in [0, 0.05) is 78.8 Å². The second kappa shape index (κ2) is 13.5. The molecule has 10 heteroatoms. The summed E-state index contributed by atoms with van der Waals surface area (Å²) >= 11 is 3.07. The highest BCUT2D eigenvalue weighted by Crippen LogP contribution is 2.49. The molecule has 0 fully saturated rings. The quantitative estimate of drug-likeness (QED) is 0.110. The van der Waals surface area contributed by atoms with Gasteiger partial charge in [0.2, 0.25) is 0 Å². The van der Waals surface area contributed by atoms with Gasteiger partial charge in [-0.25, -0.2) is 9.59 Å². The van der Waals surface area contributed by atoms with Gasteiger partial charge in [0.25, 0.3) is 0 Å². The lowest BCUT2D eigenvalue weighted by Crippen LogP contribution is -2.11. The van der Waals surface area contributed by atoms with Crippen LogP contribution in [-0.4, -0.2) is 74.7 Å². The molecule has 0 N–H and O–H groups in total. The fourth-order valence-corrected chi connectivity index (χ4v) is 7.56. The number of hydrogen-bond donors (Lipinski definition) is 0. The molecule has 0 radical (unpaired) electrons. The number of hydrogen-bond acceptors (Lipinski definition) is 8. The van der Waals surface area contributed by atoms with E-state index in [4.69, 9.17) is 9.47 Å². The number of rotatable bonds is 11. The monoisotopic (exact) mass is 644 g/mol. The van der Waals surface area contributed by atoms with Crippen molar-refractivity contribution in [3.05, 3.63) is 95.1 Å². The highest BCUT2D eigenvalue weighted by Gasteiger charge is 2.36. The van der Waals surface area contributed by atoms with Crippen molar-refractivity contribution in [1.82, 2.24) is 8.80 Å². The maximum absolute atomic E-state index is 13.6. The number of esters is 2. The summed E-state index contributed by atoms with van der Waals surface area (Å²) in [6.45, 7) is 4.18. The van der Waals surface area contributed by atoms with Gasteiger partial charge in [-0.3, -0.25) is 0 Å². The first-order valence-electron chi connectivity index (χ1n) is 14.9. The third-order valence-electron chi connectivity index (χ3n) is 7.92. The van der Waals surface area contributed by atoms with Crippen LogP contribution in [-0.2, 0) is 9.47 Å². The summed E-state index contributed by atoms with van der Waals surface area (Å²) < 4.78 is 15.2. The van der Waals surface area contributed by atoms with Crippen LogP contribution < -0.4 is 9.80 Å². The fraction of sp³-hybridized carbons (Fsp3) is 0.314. The maximum Gasteiger partial charge on any atom is 0.356 e. The molecule has 5 aromatic rings. The lowest BCUT2D eigenvalue weighted by Gasteiger charge is -2.22. The zero-order valence-corrected chi connectivity index (χ0v) is 28.7. The summed E-state index contributed by atoms with van der Waals surface area (Å²) in [5.41, 5.74) is 7.80. The Kier molecular flexibility index (Phi) is 9.74. The standard InChI is InChI=1S/C35H40N4O4S2/c1-9-42-34(40)30-32(44-7)28(25-20-23(36(3)4)16-18-38(25)30)27(22-14-12-11-13-15-22)29-26-21-24(37(5)6)17-19-39(26)31(33(29)45-8)35(41)43-10-2/h11-21,27H,9-10H2,1-8H3. The molecule has 0 saturated heterocycles. The smallest absolute Gasteiger partial charge is 0.356 e. The van der Waals surface area contributed by atoms with Gasteiger partial charge in [-0.2, -0.15) is 0 Å². The molecule has 4 aromatic heterocycles. The number of thioether (sulfide) groups is 2. The summed E-state index contributed by atoms with van der Waals surface area (Å²) in [5.74, 6) is -1.09. The molecule has 45 heavy (non-hydrogen) atoms. The predicted molar refractivity (Wildman–Crippen MR) is 186 cm³/mol. The summed E-state index contributed by atoms with van der Waals surface area (Å²) in [7, 11) is 8.03. The molecule has 0 aliphatic rings. The minimum Gasteiger partial charge on any atom is -0.461 e. The van der Waals surface area contributed by atoms with E-state index in [0.717, 1.165) is 48.9 Å². The van der Waals surface area contributed by atoms with Gasteiger partial charge in [0.1, 0.15) is 11.4 Å². The van der Waals surface area contributed by atoms with E-state index in [2.05, 4.69) is 34.1 Å². The van der Waals surface area contributed by atoms with Crippen LogP contribution in [0.5, 0.6) is 0 Å². The van der Waals surface area contributed by atoms with E-state index in [1.807, 2.05) is 106 Å². The molecular weight excluding hydrogens is 605 g/mol. The van der Waals surface area contributed by atoms with Crippen LogP contribution in [0.1, 0.15) is 57.4 Å². The molecule has 8 nitrogen and oxygen atoms in total. The average molecular weight is 645 g/mol. The van der Waals surface area contributed by atoms with Crippen molar-refractivity contribution in [3.8, 4) is 0 Å². The van der Waals surface area contributed by atoms with Crippen molar-refractivity contribution in [2.75, 3.05) is 63.7 Å². The Labute approximate surface area is 273 Å². The molecule has 5 rings (SSSR count). The molecule has 236 valence electrons. The van der Waals surface area contributed by atoms with Crippen molar-refractivity contribution in [3.63, 3.8) is 0 Å². The molecule has 0 aliphatic heterocycles. The van der Waals surface area contributed by atoms with Crippen LogP contribution in [0.3, 0.4) is 0 Å². The largest absolute Gasteiger partial charge is 0.461 e. The van der Waals surface area contributed by atoms with Crippen molar-refractivity contribution in [1.29, 1.82) is 0 Å². The molecule has 0 atom stereocenters. The van der Waals surface area contributed by atoms with Crippen LogP contribution in [0, 0.1) is 0 Å². The van der Waals surface area contributed by atoms with Crippen molar-refractivity contribution in [2.45, 2.75) is 29.6 Å². The zero-order valence-electron chi connectivity index (χ0n) is 27.1. The number of carbonyl (C=O) groups is 2. The normalized spacial score (nSPS) is 11.4. The van der Waals surface area contributed by atoms with Crippen molar-refractivity contribution >= 4 is 57.9 Å². The van der Waals surface area contributed by atoms with Crippen LogP contribution in [0.25, 0.3) is 11.0 Å².